The van der Waals surface area contributed by atoms with E-state index in [-0.39, 0.29) is 41.1 Å². The molecule has 9 heteroatoms. The molecule has 2 bridgehead atoms. The molecule has 8 nitrogen and oxygen atoms in total. The van der Waals surface area contributed by atoms with Gasteiger partial charge in [-0.05, 0) is 38.0 Å². The Balaban J connectivity index is 1.80. The highest BCUT2D eigenvalue weighted by Gasteiger charge is 2.77. The van der Waals surface area contributed by atoms with Gasteiger partial charge in [0.1, 0.15) is 11.6 Å². The molecule has 1 aliphatic carbocycles. The number of alkyl halides is 1. The Kier molecular flexibility index (Phi) is 10.2. The van der Waals surface area contributed by atoms with Crippen LogP contribution in [0.5, 0.6) is 0 Å². The molecule has 4 fully saturated rings. The molecular weight excluding hydrogens is 574 g/mol. The van der Waals surface area contributed by atoms with Gasteiger partial charge in [0.2, 0.25) is 17.7 Å². The monoisotopic (exact) mass is 621 g/mol. The van der Waals surface area contributed by atoms with Gasteiger partial charge < -0.3 is 24.5 Å². The first kappa shape index (κ1) is 31.2. The fourth-order valence-electron chi connectivity index (χ4n) is 7.88. The first-order valence-corrected chi connectivity index (χ1v) is 16.1. The van der Waals surface area contributed by atoms with E-state index in [0.29, 0.717) is 32.5 Å². The summed E-state index contributed by atoms with van der Waals surface area (Å²) in [6.45, 7) is 15.0. The molecule has 4 aliphatic rings. The second-order valence-corrected chi connectivity index (χ2v) is 13.7. The van der Waals surface area contributed by atoms with Gasteiger partial charge in [0.05, 0.1) is 30.6 Å². The average Bonchev–Trinajstić information content (AvgIpc) is 3.53. The standard InChI is InChI=1S/C31H48BrN3O5/c1-6-14-33(15-7-2)28(37)24-25-29(38)35(22(19-36)17-20(4)5)27(31(25)18-23(32)26(24)40-31)30(39)34(16-8-3)21-12-10-9-11-13-21/h6,8,20-27,36H,1,3,7,9-19H2,2,4-5H3/t22-,23?,24-,25+,26-,27?,31?/m1/s1. The van der Waals surface area contributed by atoms with Crippen molar-refractivity contribution in [3.63, 3.8) is 0 Å². The molecule has 224 valence electrons. The molecule has 0 aromatic carbocycles. The molecule has 3 heterocycles. The summed E-state index contributed by atoms with van der Waals surface area (Å²) < 4.78 is 6.75. The third kappa shape index (κ3) is 5.42. The van der Waals surface area contributed by atoms with Crippen LogP contribution in [0.2, 0.25) is 0 Å². The lowest BCUT2D eigenvalue weighted by Crippen LogP contribution is -2.60. The van der Waals surface area contributed by atoms with E-state index < -0.39 is 35.6 Å². The maximum atomic E-state index is 14.7. The average molecular weight is 623 g/mol. The normalized spacial score (nSPS) is 32.3. The number of fused-ring (bicyclic) bond motifs is 1. The Bertz CT molecular complexity index is 969. The molecule has 0 aromatic heterocycles. The van der Waals surface area contributed by atoms with Crippen LogP contribution in [0.1, 0.15) is 72.1 Å². The summed E-state index contributed by atoms with van der Waals surface area (Å²) in [5.41, 5.74) is -1.13. The molecular formula is C31H48BrN3O5. The van der Waals surface area contributed by atoms with Crippen molar-refractivity contribution < 1.29 is 24.2 Å². The maximum absolute atomic E-state index is 14.7. The number of halogens is 1. The molecule has 4 rings (SSSR count). The number of rotatable bonds is 13. The summed E-state index contributed by atoms with van der Waals surface area (Å²) >= 11 is 3.78. The number of aliphatic hydroxyl groups excluding tert-OH is 1. The first-order valence-electron chi connectivity index (χ1n) is 15.2. The number of aliphatic hydroxyl groups is 1. The third-order valence-corrected chi connectivity index (χ3v) is 10.2. The highest BCUT2D eigenvalue weighted by atomic mass is 79.9. The lowest BCUT2D eigenvalue weighted by Gasteiger charge is -2.42. The minimum Gasteiger partial charge on any atom is -0.394 e. The van der Waals surface area contributed by atoms with Crippen molar-refractivity contribution >= 4 is 33.7 Å². The zero-order valence-electron chi connectivity index (χ0n) is 24.5. The zero-order chi connectivity index (χ0) is 29.2. The van der Waals surface area contributed by atoms with E-state index in [9.17, 15) is 19.5 Å². The van der Waals surface area contributed by atoms with Gasteiger partial charge in [-0.25, -0.2) is 0 Å². The van der Waals surface area contributed by atoms with Gasteiger partial charge in [0.25, 0.3) is 0 Å². The quantitative estimate of drug-likeness (QED) is 0.249. The summed E-state index contributed by atoms with van der Waals surface area (Å²) in [4.78, 5) is 48.5. The lowest BCUT2D eigenvalue weighted by molar-refractivity contribution is -0.154. The highest BCUT2D eigenvalue weighted by Crippen LogP contribution is 2.61. The number of hydrogen-bond acceptors (Lipinski definition) is 5. The molecule has 3 unspecified atom stereocenters. The minimum absolute atomic E-state index is 0.0766. The van der Waals surface area contributed by atoms with Crippen LogP contribution in [0.25, 0.3) is 0 Å². The predicted octanol–water partition coefficient (Wildman–Crippen LogP) is 3.91. The topological polar surface area (TPSA) is 90.4 Å². The molecule has 7 atom stereocenters. The lowest BCUT2D eigenvalue weighted by atomic mass is 9.70. The van der Waals surface area contributed by atoms with Gasteiger partial charge in [-0.2, -0.15) is 0 Å². The Morgan fingerprint density at radius 1 is 1.18 bits per heavy atom. The molecule has 40 heavy (non-hydrogen) atoms. The summed E-state index contributed by atoms with van der Waals surface area (Å²) in [7, 11) is 0. The number of nitrogens with zero attached hydrogens (tertiary/aromatic N) is 3. The zero-order valence-corrected chi connectivity index (χ0v) is 26.1. The molecule has 1 N–H and O–H groups in total. The van der Waals surface area contributed by atoms with E-state index in [1.165, 1.54) is 0 Å². The highest BCUT2D eigenvalue weighted by molar-refractivity contribution is 9.09. The fraction of sp³-hybridized carbons (Fsp3) is 0.774. The largest absolute Gasteiger partial charge is 0.394 e. The molecule has 3 amide bonds. The molecule has 1 saturated carbocycles. The van der Waals surface area contributed by atoms with Crippen LogP contribution in [0.4, 0.5) is 0 Å². The second-order valence-electron chi connectivity index (χ2n) is 12.5. The summed E-state index contributed by atoms with van der Waals surface area (Å²) in [6.07, 6.45) is 9.90. The van der Waals surface area contributed by atoms with Crippen molar-refractivity contribution in [3.8, 4) is 0 Å². The number of hydrogen-bond donors (Lipinski definition) is 1. The van der Waals surface area contributed by atoms with Crippen LogP contribution < -0.4 is 0 Å². The molecule has 3 aliphatic heterocycles. The van der Waals surface area contributed by atoms with Gasteiger partial charge in [-0.3, -0.25) is 14.4 Å². The van der Waals surface area contributed by atoms with E-state index in [4.69, 9.17) is 4.74 Å². The number of carbonyl (C=O) groups is 3. The van der Waals surface area contributed by atoms with Gasteiger partial charge in [0.15, 0.2) is 0 Å². The Morgan fingerprint density at radius 2 is 1.85 bits per heavy atom. The van der Waals surface area contributed by atoms with Crippen molar-refractivity contribution in [2.75, 3.05) is 26.2 Å². The van der Waals surface area contributed by atoms with Crippen molar-refractivity contribution in [2.45, 2.75) is 107 Å². The van der Waals surface area contributed by atoms with Crippen molar-refractivity contribution in [1.29, 1.82) is 0 Å². The van der Waals surface area contributed by atoms with Crippen LogP contribution >= 0.6 is 15.9 Å². The third-order valence-electron chi connectivity index (χ3n) is 9.37. The molecule has 0 radical (unpaired) electrons. The van der Waals surface area contributed by atoms with Crippen LogP contribution in [0.15, 0.2) is 25.3 Å². The van der Waals surface area contributed by atoms with Gasteiger partial charge in [-0.1, -0.05) is 68.1 Å². The molecule has 1 spiro atoms. The van der Waals surface area contributed by atoms with E-state index in [0.717, 1.165) is 38.5 Å². The number of ether oxygens (including phenoxy) is 1. The number of carbonyl (C=O) groups excluding carboxylic acids is 3. The molecule has 3 saturated heterocycles. The van der Waals surface area contributed by atoms with Crippen LogP contribution in [0.3, 0.4) is 0 Å². The summed E-state index contributed by atoms with van der Waals surface area (Å²) in [5.74, 6) is -1.77. The molecule has 0 aromatic rings. The van der Waals surface area contributed by atoms with Crippen molar-refractivity contribution in [2.24, 2.45) is 17.8 Å². The fourth-order valence-corrected chi connectivity index (χ4v) is 8.82. The van der Waals surface area contributed by atoms with Gasteiger partial charge >= 0.3 is 0 Å². The van der Waals surface area contributed by atoms with E-state index in [1.54, 1.807) is 22.0 Å². The van der Waals surface area contributed by atoms with Crippen molar-refractivity contribution in [3.05, 3.63) is 25.3 Å². The Labute approximate surface area is 248 Å². The van der Waals surface area contributed by atoms with Gasteiger partial charge in [-0.15, -0.1) is 13.2 Å². The first-order chi connectivity index (χ1) is 19.2. The van der Waals surface area contributed by atoms with Crippen LogP contribution in [0, 0.1) is 17.8 Å². The predicted molar refractivity (Wildman–Crippen MR) is 159 cm³/mol. The van der Waals surface area contributed by atoms with E-state index >= 15 is 0 Å². The number of likely N-dealkylation sites (tertiary alicyclic amines) is 1. The Morgan fingerprint density at radius 3 is 2.42 bits per heavy atom. The maximum Gasteiger partial charge on any atom is 0.248 e. The summed E-state index contributed by atoms with van der Waals surface area (Å²) in [5, 5.41) is 10.6. The van der Waals surface area contributed by atoms with Gasteiger partial charge in [0, 0.05) is 30.5 Å². The van der Waals surface area contributed by atoms with E-state index in [1.807, 2.05) is 25.7 Å². The van der Waals surface area contributed by atoms with Crippen molar-refractivity contribution in [1.82, 2.24) is 14.7 Å². The smallest absolute Gasteiger partial charge is 0.248 e. The minimum atomic E-state index is -1.13. The van der Waals surface area contributed by atoms with E-state index in [2.05, 4.69) is 29.1 Å². The Hall–Kier alpha value is -1.71. The number of amides is 3. The van der Waals surface area contributed by atoms with Crippen LogP contribution in [-0.4, -0.2) is 98.4 Å². The SMILES string of the molecule is C=CCN(CCC)C(=O)[C@H]1[C@@H]2OC3(CC2Br)C(C(=O)N(CC=C)C2CCCCC2)N([C@@H](CO)CC(C)C)C(=O)[C@H]13. The van der Waals surface area contributed by atoms with Crippen LogP contribution in [-0.2, 0) is 19.1 Å². The second kappa shape index (κ2) is 13.1. The summed E-state index contributed by atoms with van der Waals surface area (Å²) in [6, 6.07) is -1.36.